The minimum atomic E-state index is -0.631. The fourth-order valence-corrected chi connectivity index (χ4v) is 4.20. The van der Waals surface area contributed by atoms with E-state index < -0.39 is 5.41 Å². The van der Waals surface area contributed by atoms with E-state index >= 15 is 0 Å². The lowest BCUT2D eigenvalue weighted by Crippen LogP contribution is -2.37. The van der Waals surface area contributed by atoms with Crippen LogP contribution in [0.1, 0.15) is 25.2 Å². The van der Waals surface area contributed by atoms with Crippen LogP contribution in [0.4, 0.5) is 17.3 Å². The second kappa shape index (κ2) is 7.42. The Morgan fingerprint density at radius 2 is 1.68 bits per heavy atom. The van der Waals surface area contributed by atoms with E-state index in [9.17, 15) is 4.79 Å². The van der Waals surface area contributed by atoms with Gasteiger partial charge in [0.05, 0.1) is 24.3 Å². The highest BCUT2D eigenvalue weighted by atomic mass is 16.5. The Kier molecular flexibility index (Phi) is 4.70. The van der Waals surface area contributed by atoms with Gasteiger partial charge < -0.3 is 9.64 Å². The number of nitrogens with zero attached hydrogens (tertiary/aromatic N) is 5. The Hall–Kier alpha value is -3.32. The summed E-state index contributed by atoms with van der Waals surface area (Å²) in [6.45, 7) is 8.76. The van der Waals surface area contributed by atoms with Crippen molar-refractivity contribution in [2.45, 2.75) is 26.2 Å². The zero-order chi connectivity index (χ0) is 21.6. The molecule has 0 aliphatic carbocycles. The average Bonchev–Trinajstić information content (AvgIpc) is 3.00. The SMILES string of the molecule is Cc1ncc(-c2ccc3c(c2)N(c2cccc(N4CCOCC4)n2)C(=O)C3(C)C)cn1. The third-order valence-corrected chi connectivity index (χ3v) is 6.05. The quantitative estimate of drug-likeness (QED) is 0.650. The molecule has 0 spiro atoms. The molecule has 7 nitrogen and oxygen atoms in total. The monoisotopic (exact) mass is 415 g/mol. The smallest absolute Gasteiger partial charge is 0.242 e. The summed E-state index contributed by atoms with van der Waals surface area (Å²) >= 11 is 0. The minimum absolute atomic E-state index is 0.0198. The zero-order valence-electron chi connectivity index (χ0n) is 18.0. The van der Waals surface area contributed by atoms with E-state index in [4.69, 9.17) is 9.72 Å². The van der Waals surface area contributed by atoms with Crippen molar-refractivity contribution < 1.29 is 9.53 Å². The molecular weight excluding hydrogens is 390 g/mol. The third-order valence-electron chi connectivity index (χ3n) is 6.05. The van der Waals surface area contributed by atoms with Gasteiger partial charge in [0.2, 0.25) is 5.91 Å². The minimum Gasteiger partial charge on any atom is -0.378 e. The van der Waals surface area contributed by atoms with E-state index in [2.05, 4.69) is 14.9 Å². The first kappa shape index (κ1) is 19.6. The van der Waals surface area contributed by atoms with Gasteiger partial charge in [-0.05, 0) is 50.1 Å². The number of amides is 1. The molecule has 1 fully saturated rings. The second-order valence-corrected chi connectivity index (χ2v) is 8.47. The Bertz CT molecular complexity index is 1140. The molecule has 0 unspecified atom stereocenters. The standard InChI is InChI=1S/C24H25N5O2/c1-16-25-14-18(15-26-16)17-7-8-19-20(13-17)29(23(30)24(19,2)3)22-6-4-5-21(27-22)28-9-11-31-12-10-28/h4-8,13-15H,9-12H2,1-3H3. The van der Waals surface area contributed by atoms with Gasteiger partial charge >= 0.3 is 0 Å². The number of carbonyl (C=O) groups is 1. The first-order valence-corrected chi connectivity index (χ1v) is 10.5. The summed E-state index contributed by atoms with van der Waals surface area (Å²) in [6, 6.07) is 12.0. The van der Waals surface area contributed by atoms with Crippen LogP contribution in [-0.4, -0.2) is 47.2 Å². The molecule has 1 aromatic carbocycles. The van der Waals surface area contributed by atoms with Gasteiger partial charge in [-0.25, -0.2) is 15.0 Å². The number of aromatic nitrogens is 3. The molecule has 158 valence electrons. The van der Waals surface area contributed by atoms with Gasteiger partial charge in [0.15, 0.2) is 0 Å². The highest BCUT2D eigenvalue weighted by molar-refractivity contribution is 6.12. The van der Waals surface area contributed by atoms with Crippen molar-refractivity contribution in [1.29, 1.82) is 0 Å². The molecule has 3 aromatic rings. The van der Waals surface area contributed by atoms with Gasteiger partial charge in [0.1, 0.15) is 17.5 Å². The summed E-state index contributed by atoms with van der Waals surface area (Å²) in [6.07, 6.45) is 3.63. The van der Waals surface area contributed by atoms with Gasteiger partial charge in [-0.1, -0.05) is 18.2 Å². The van der Waals surface area contributed by atoms with Crippen LogP contribution in [0.5, 0.6) is 0 Å². The van der Waals surface area contributed by atoms with Gasteiger partial charge in [0, 0.05) is 31.0 Å². The van der Waals surface area contributed by atoms with Crippen LogP contribution in [0.3, 0.4) is 0 Å². The number of hydrogen-bond acceptors (Lipinski definition) is 6. The highest BCUT2D eigenvalue weighted by Crippen LogP contribution is 2.46. The number of rotatable bonds is 3. The maximum absolute atomic E-state index is 13.5. The lowest BCUT2D eigenvalue weighted by Gasteiger charge is -2.29. The molecule has 2 aliphatic heterocycles. The highest BCUT2D eigenvalue weighted by Gasteiger charge is 2.45. The first-order valence-electron chi connectivity index (χ1n) is 10.5. The summed E-state index contributed by atoms with van der Waals surface area (Å²) in [5.74, 6) is 2.25. The fraction of sp³-hybridized carbons (Fsp3) is 0.333. The molecule has 7 heteroatoms. The third kappa shape index (κ3) is 3.35. The lowest BCUT2D eigenvalue weighted by atomic mass is 9.85. The number of ether oxygens (including phenoxy) is 1. The summed E-state index contributed by atoms with van der Waals surface area (Å²) in [7, 11) is 0. The molecule has 0 N–H and O–H groups in total. The lowest BCUT2D eigenvalue weighted by molar-refractivity contribution is -0.121. The van der Waals surface area contributed by atoms with Crippen molar-refractivity contribution in [3.8, 4) is 11.1 Å². The van der Waals surface area contributed by atoms with Gasteiger partial charge in [-0.3, -0.25) is 9.69 Å². The van der Waals surface area contributed by atoms with E-state index in [-0.39, 0.29) is 5.91 Å². The summed E-state index contributed by atoms with van der Waals surface area (Å²) < 4.78 is 5.46. The molecule has 0 saturated carbocycles. The predicted octanol–water partition coefficient (Wildman–Crippen LogP) is 3.64. The van der Waals surface area contributed by atoms with Crippen LogP contribution in [0, 0.1) is 6.92 Å². The van der Waals surface area contributed by atoms with E-state index in [1.807, 2.05) is 69.6 Å². The van der Waals surface area contributed by atoms with Crippen molar-refractivity contribution in [2.75, 3.05) is 36.1 Å². The number of morpholine rings is 1. The van der Waals surface area contributed by atoms with Crippen molar-refractivity contribution in [3.63, 3.8) is 0 Å². The summed E-state index contributed by atoms with van der Waals surface area (Å²) in [4.78, 5) is 30.9. The normalized spacial score (nSPS) is 17.7. The Labute approximate surface area is 181 Å². The maximum atomic E-state index is 13.5. The maximum Gasteiger partial charge on any atom is 0.242 e. The molecule has 1 amide bonds. The molecule has 0 atom stereocenters. The molecule has 2 aromatic heterocycles. The predicted molar refractivity (Wildman–Crippen MR) is 120 cm³/mol. The van der Waals surface area contributed by atoms with Crippen LogP contribution in [-0.2, 0) is 14.9 Å². The zero-order valence-corrected chi connectivity index (χ0v) is 18.0. The van der Waals surface area contributed by atoms with Crippen LogP contribution in [0.25, 0.3) is 11.1 Å². The van der Waals surface area contributed by atoms with E-state index in [1.54, 1.807) is 4.90 Å². The summed E-state index contributed by atoms with van der Waals surface area (Å²) in [5.41, 5.74) is 3.11. The number of pyridine rings is 1. The van der Waals surface area contributed by atoms with Crippen molar-refractivity contribution >= 4 is 23.2 Å². The molecule has 2 aliphatic rings. The van der Waals surface area contributed by atoms with Crippen molar-refractivity contribution in [3.05, 3.63) is 60.2 Å². The molecule has 4 heterocycles. The largest absolute Gasteiger partial charge is 0.378 e. The van der Waals surface area contributed by atoms with E-state index in [0.29, 0.717) is 19.0 Å². The topological polar surface area (TPSA) is 71.5 Å². The van der Waals surface area contributed by atoms with Crippen molar-refractivity contribution in [2.24, 2.45) is 0 Å². The number of anilines is 3. The molecule has 0 radical (unpaired) electrons. The molecule has 5 rings (SSSR count). The number of fused-ring (bicyclic) bond motifs is 1. The van der Waals surface area contributed by atoms with Gasteiger partial charge in [-0.15, -0.1) is 0 Å². The molecular formula is C24H25N5O2. The van der Waals surface area contributed by atoms with E-state index in [0.717, 1.165) is 47.1 Å². The summed E-state index contributed by atoms with van der Waals surface area (Å²) in [5, 5.41) is 0. The van der Waals surface area contributed by atoms with Gasteiger partial charge in [-0.2, -0.15) is 0 Å². The second-order valence-electron chi connectivity index (χ2n) is 8.47. The number of aryl methyl sites for hydroxylation is 1. The van der Waals surface area contributed by atoms with Crippen LogP contribution >= 0.6 is 0 Å². The van der Waals surface area contributed by atoms with E-state index in [1.165, 1.54) is 0 Å². The fourth-order valence-electron chi connectivity index (χ4n) is 4.20. The van der Waals surface area contributed by atoms with Crippen molar-refractivity contribution in [1.82, 2.24) is 15.0 Å². The Morgan fingerprint density at radius 1 is 0.968 bits per heavy atom. The average molecular weight is 415 g/mol. The molecule has 1 saturated heterocycles. The van der Waals surface area contributed by atoms with Gasteiger partial charge in [0.25, 0.3) is 0 Å². The Morgan fingerprint density at radius 3 is 2.42 bits per heavy atom. The van der Waals surface area contributed by atoms with Crippen LogP contribution in [0.15, 0.2) is 48.8 Å². The molecule has 31 heavy (non-hydrogen) atoms. The van der Waals surface area contributed by atoms with Crippen LogP contribution in [0.2, 0.25) is 0 Å². The Balaban J connectivity index is 1.58. The number of hydrogen-bond donors (Lipinski definition) is 0. The number of carbonyl (C=O) groups excluding carboxylic acids is 1. The first-order chi connectivity index (χ1) is 14.9. The van der Waals surface area contributed by atoms with Crippen LogP contribution < -0.4 is 9.80 Å². The molecule has 0 bridgehead atoms. The number of benzene rings is 1.